The number of hydrogen-bond donors (Lipinski definition) is 2. The molecule has 0 spiro atoms. The topological polar surface area (TPSA) is 84.5 Å². The van der Waals surface area contributed by atoms with Gasteiger partial charge < -0.3 is 10.1 Å². The molecule has 0 unspecified atom stereocenters. The van der Waals surface area contributed by atoms with Gasteiger partial charge in [-0.1, -0.05) is 25.1 Å². The molecule has 2 aromatic carbocycles. The summed E-state index contributed by atoms with van der Waals surface area (Å²) >= 11 is 0. The van der Waals surface area contributed by atoms with Crippen LogP contribution in [0.25, 0.3) is 0 Å². The van der Waals surface area contributed by atoms with Gasteiger partial charge in [-0.3, -0.25) is 9.52 Å². The van der Waals surface area contributed by atoms with E-state index >= 15 is 0 Å². The minimum absolute atomic E-state index is 0.00764. The van der Waals surface area contributed by atoms with Gasteiger partial charge in [0.1, 0.15) is 5.75 Å². The lowest BCUT2D eigenvalue weighted by atomic mass is 10.1. The highest BCUT2D eigenvalue weighted by Gasteiger charge is 2.31. The second-order valence-electron chi connectivity index (χ2n) is 5.43. The van der Waals surface area contributed by atoms with Gasteiger partial charge >= 0.3 is 6.36 Å². The highest BCUT2D eigenvalue weighted by molar-refractivity contribution is 7.92. The van der Waals surface area contributed by atoms with E-state index < -0.39 is 32.9 Å². The molecule has 27 heavy (non-hydrogen) atoms. The van der Waals surface area contributed by atoms with Crippen LogP contribution in [-0.2, 0) is 10.0 Å². The number of nitrogens with one attached hydrogen (secondary N) is 2. The van der Waals surface area contributed by atoms with Crippen molar-refractivity contribution in [1.29, 1.82) is 0 Å². The molecule has 2 rings (SSSR count). The number of rotatable bonds is 7. The third-order valence-corrected chi connectivity index (χ3v) is 4.66. The zero-order valence-electron chi connectivity index (χ0n) is 14.2. The minimum atomic E-state index is -4.94. The van der Waals surface area contributed by atoms with Crippen LogP contribution in [0.1, 0.15) is 23.7 Å². The van der Waals surface area contributed by atoms with Gasteiger partial charge in [0.15, 0.2) is 0 Å². The molecule has 146 valence electrons. The van der Waals surface area contributed by atoms with E-state index in [9.17, 15) is 26.4 Å². The van der Waals surface area contributed by atoms with E-state index in [1.54, 1.807) is 6.07 Å². The van der Waals surface area contributed by atoms with Crippen molar-refractivity contribution in [2.75, 3.05) is 11.3 Å². The van der Waals surface area contributed by atoms with Gasteiger partial charge in [0.2, 0.25) is 0 Å². The van der Waals surface area contributed by atoms with Crippen LogP contribution in [0.4, 0.5) is 18.9 Å². The van der Waals surface area contributed by atoms with Crippen LogP contribution < -0.4 is 14.8 Å². The first kappa shape index (κ1) is 20.6. The number of benzene rings is 2. The molecule has 0 aromatic heterocycles. The number of amides is 1. The average Bonchev–Trinajstić information content (AvgIpc) is 2.58. The summed E-state index contributed by atoms with van der Waals surface area (Å²) in [6.45, 7) is 2.28. The van der Waals surface area contributed by atoms with E-state index in [1.807, 2.05) is 6.92 Å². The van der Waals surface area contributed by atoms with Crippen molar-refractivity contribution in [3.05, 3.63) is 54.1 Å². The number of ether oxygens (including phenoxy) is 1. The quantitative estimate of drug-likeness (QED) is 0.742. The lowest BCUT2D eigenvalue weighted by Crippen LogP contribution is -2.26. The van der Waals surface area contributed by atoms with E-state index in [0.717, 1.165) is 24.3 Å². The van der Waals surface area contributed by atoms with Gasteiger partial charge in [-0.25, -0.2) is 8.42 Å². The van der Waals surface area contributed by atoms with Crippen molar-refractivity contribution in [1.82, 2.24) is 5.32 Å². The molecule has 0 saturated carbocycles. The normalized spacial score (nSPS) is 11.7. The summed E-state index contributed by atoms with van der Waals surface area (Å²) in [6.07, 6.45) is -4.24. The van der Waals surface area contributed by atoms with Crippen LogP contribution in [0, 0.1) is 0 Å². The van der Waals surface area contributed by atoms with E-state index in [1.165, 1.54) is 18.2 Å². The molecule has 1 amide bonds. The van der Waals surface area contributed by atoms with Gasteiger partial charge in [0.25, 0.3) is 15.9 Å². The monoisotopic (exact) mass is 402 g/mol. The number of anilines is 1. The molecule has 10 heteroatoms. The Hall–Kier alpha value is -2.75. The van der Waals surface area contributed by atoms with E-state index in [-0.39, 0.29) is 11.3 Å². The highest BCUT2D eigenvalue weighted by Crippen LogP contribution is 2.26. The highest BCUT2D eigenvalue weighted by atomic mass is 32.2. The molecule has 2 N–H and O–H groups in total. The molecule has 0 aliphatic rings. The maximum Gasteiger partial charge on any atom is 0.573 e. The van der Waals surface area contributed by atoms with Crippen molar-refractivity contribution in [2.45, 2.75) is 24.6 Å². The SMILES string of the molecule is CCCNC(=O)c1ccccc1NS(=O)(=O)c1cccc(OC(F)(F)F)c1. The molecule has 0 heterocycles. The fourth-order valence-electron chi connectivity index (χ4n) is 2.15. The molecule has 0 saturated heterocycles. The Kier molecular flexibility index (Phi) is 6.32. The number of sulfonamides is 1. The third kappa shape index (κ3) is 5.88. The number of para-hydroxylation sites is 1. The van der Waals surface area contributed by atoms with Crippen molar-refractivity contribution in [3.63, 3.8) is 0 Å². The van der Waals surface area contributed by atoms with E-state index in [2.05, 4.69) is 14.8 Å². The van der Waals surface area contributed by atoms with Gasteiger partial charge in [-0.2, -0.15) is 0 Å². The zero-order chi connectivity index (χ0) is 20.1. The molecule has 0 aliphatic heterocycles. The molecule has 2 aromatic rings. The Morgan fingerprint density at radius 1 is 1.11 bits per heavy atom. The fourth-order valence-corrected chi connectivity index (χ4v) is 3.26. The molecule has 0 atom stereocenters. The van der Waals surface area contributed by atoms with Crippen molar-refractivity contribution >= 4 is 21.6 Å². The second-order valence-corrected chi connectivity index (χ2v) is 7.11. The van der Waals surface area contributed by atoms with Crippen LogP contribution in [0.3, 0.4) is 0 Å². The predicted octanol–water partition coefficient (Wildman–Crippen LogP) is 3.53. The molecule has 0 fully saturated rings. The van der Waals surface area contributed by atoms with Crippen LogP contribution in [0.2, 0.25) is 0 Å². The predicted molar refractivity (Wildman–Crippen MR) is 93.0 cm³/mol. The van der Waals surface area contributed by atoms with Crippen LogP contribution in [-0.4, -0.2) is 27.2 Å². The van der Waals surface area contributed by atoms with Crippen LogP contribution in [0.15, 0.2) is 53.4 Å². The fraction of sp³-hybridized carbons (Fsp3) is 0.235. The number of halogens is 3. The maximum absolute atomic E-state index is 12.5. The zero-order valence-corrected chi connectivity index (χ0v) is 15.0. The Balaban J connectivity index is 2.30. The van der Waals surface area contributed by atoms with Crippen LogP contribution >= 0.6 is 0 Å². The van der Waals surface area contributed by atoms with Gasteiger partial charge in [-0.15, -0.1) is 13.2 Å². The van der Waals surface area contributed by atoms with Gasteiger partial charge in [0, 0.05) is 12.6 Å². The lowest BCUT2D eigenvalue weighted by molar-refractivity contribution is -0.274. The first-order valence-electron chi connectivity index (χ1n) is 7.88. The summed E-state index contributed by atoms with van der Waals surface area (Å²) in [5.41, 5.74) is 0.102. The Bertz CT molecular complexity index is 914. The summed E-state index contributed by atoms with van der Waals surface area (Å²) in [7, 11) is -4.25. The Morgan fingerprint density at radius 2 is 1.81 bits per heavy atom. The summed E-state index contributed by atoms with van der Waals surface area (Å²) in [4.78, 5) is 11.7. The molecule has 0 aliphatic carbocycles. The van der Waals surface area contributed by atoms with Gasteiger partial charge in [0.05, 0.1) is 16.1 Å². The molecular formula is C17H17F3N2O4S. The lowest BCUT2D eigenvalue weighted by Gasteiger charge is -2.14. The number of alkyl halides is 3. The summed E-state index contributed by atoms with van der Waals surface area (Å²) in [6, 6.07) is 9.88. The van der Waals surface area contributed by atoms with E-state index in [4.69, 9.17) is 0 Å². The first-order chi connectivity index (χ1) is 12.6. The van der Waals surface area contributed by atoms with Crippen molar-refractivity contribution in [2.24, 2.45) is 0 Å². The molecule has 0 bridgehead atoms. The molecule has 6 nitrogen and oxygen atoms in total. The van der Waals surface area contributed by atoms with E-state index in [0.29, 0.717) is 13.0 Å². The smallest absolute Gasteiger partial charge is 0.406 e. The Labute approximate surface area is 154 Å². The van der Waals surface area contributed by atoms with Gasteiger partial charge in [-0.05, 0) is 30.7 Å². The Morgan fingerprint density at radius 3 is 2.48 bits per heavy atom. The number of carbonyl (C=O) groups excluding carboxylic acids is 1. The van der Waals surface area contributed by atoms with Crippen molar-refractivity contribution < 1.29 is 31.1 Å². The summed E-state index contributed by atoms with van der Waals surface area (Å²) in [5.74, 6) is -1.14. The number of hydrogen-bond acceptors (Lipinski definition) is 4. The van der Waals surface area contributed by atoms with Crippen LogP contribution in [0.5, 0.6) is 5.75 Å². The standard InChI is InChI=1S/C17H17F3N2O4S/c1-2-10-21-16(23)14-8-3-4-9-15(14)22-27(24,25)13-7-5-6-12(11-13)26-17(18,19)20/h3-9,11,22H,2,10H2,1H3,(H,21,23). The minimum Gasteiger partial charge on any atom is -0.406 e. The maximum atomic E-state index is 12.5. The second kappa shape index (κ2) is 8.30. The first-order valence-corrected chi connectivity index (χ1v) is 9.36. The summed E-state index contributed by atoms with van der Waals surface area (Å²) in [5, 5.41) is 2.63. The van der Waals surface area contributed by atoms with Crippen molar-refractivity contribution in [3.8, 4) is 5.75 Å². The summed E-state index contributed by atoms with van der Waals surface area (Å²) < 4.78 is 68.0. The molecular weight excluding hydrogens is 385 g/mol. The number of carbonyl (C=O) groups is 1. The molecule has 0 radical (unpaired) electrons. The average molecular weight is 402 g/mol. The largest absolute Gasteiger partial charge is 0.573 e. The third-order valence-electron chi connectivity index (χ3n) is 3.30.